The van der Waals surface area contributed by atoms with Crippen LogP contribution in [0, 0.1) is 0 Å². The molecule has 3 rings (SSSR count). The summed E-state index contributed by atoms with van der Waals surface area (Å²) in [6.45, 7) is 0. The SMILES string of the molecule is O=C(O)c1ccc(-c2cccc(NS(=O)(=O)c3ccc(Cl)cc3)c2)o1. The van der Waals surface area contributed by atoms with Crippen LogP contribution in [0.2, 0.25) is 5.02 Å². The number of anilines is 1. The number of carboxylic acid groups (broad SMARTS) is 1. The highest BCUT2D eigenvalue weighted by Gasteiger charge is 2.15. The zero-order valence-corrected chi connectivity index (χ0v) is 14.2. The number of benzene rings is 2. The zero-order chi connectivity index (χ0) is 18.0. The topological polar surface area (TPSA) is 96.6 Å². The molecule has 0 atom stereocenters. The number of rotatable bonds is 5. The molecule has 0 aliphatic rings. The largest absolute Gasteiger partial charge is 0.475 e. The van der Waals surface area contributed by atoms with Gasteiger partial charge in [-0.05, 0) is 48.5 Å². The highest BCUT2D eigenvalue weighted by Crippen LogP contribution is 2.26. The van der Waals surface area contributed by atoms with Gasteiger partial charge < -0.3 is 9.52 Å². The highest BCUT2D eigenvalue weighted by atomic mass is 35.5. The summed E-state index contributed by atoms with van der Waals surface area (Å²) in [6, 6.07) is 15.1. The second-order valence-electron chi connectivity index (χ2n) is 5.11. The van der Waals surface area contributed by atoms with Gasteiger partial charge in [0.15, 0.2) is 0 Å². The lowest BCUT2D eigenvalue weighted by molar-refractivity contribution is 0.0663. The molecule has 128 valence electrons. The van der Waals surface area contributed by atoms with Crippen LogP contribution in [0.15, 0.2) is 70.0 Å². The Hall–Kier alpha value is -2.77. The number of carbonyl (C=O) groups is 1. The fourth-order valence-corrected chi connectivity index (χ4v) is 3.35. The summed E-state index contributed by atoms with van der Waals surface area (Å²) in [5.41, 5.74) is 0.865. The Kier molecular flexibility index (Phi) is 4.52. The number of halogens is 1. The van der Waals surface area contributed by atoms with Crippen molar-refractivity contribution in [2.45, 2.75) is 4.90 Å². The second-order valence-corrected chi connectivity index (χ2v) is 7.23. The molecular formula is C17H12ClNO5S. The van der Waals surface area contributed by atoms with E-state index in [2.05, 4.69) is 4.72 Å². The molecule has 0 unspecified atom stereocenters. The summed E-state index contributed by atoms with van der Waals surface area (Å²) in [6.07, 6.45) is 0. The van der Waals surface area contributed by atoms with Crippen molar-refractivity contribution in [3.63, 3.8) is 0 Å². The highest BCUT2D eigenvalue weighted by molar-refractivity contribution is 7.92. The molecule has 3 aromatic rings. The molecule has 2 aromatic carbocycles. The first-order chi connectivity index (χ1) is 11.8. The van der Waals surface area contributed by atoms with Gasteiger partial charge in [-0.3, -0.25) is 4.72 Å². The van der Waals surface area contributed by atoms with Gasteiger partial charge in [-0.15, -0.1) is 0 Å². The lowest BCUT2D eigenvalue weighted by Gasteiger charge is -2.09. The number of nitrogens with one attached hydrogen (secondary N) is 1. The first-order valence-corrected chi connectivity index (χ1v) is 8.93. The van der Waals surface area contributed by atoms with Crippen LogP contribution in [0.3, 0.4) is 0 Å². The van der Waals surface area contributed by atoms with Crippen molar-refractivity contribution < 1.29 is 22.7 Å². The van der Waals surface area contributed by atoms with E-state index in [9.17, 15) is 13.2 Å². The van der Waals surface area contributed by atoms with Gasteiger partial charge in [0.1, 0.15) is 5.76 Å². The van der Waals surface area contributed by atoms with Crippen LogP contribution < -0.4 is 4.72 Å². The molecule has 25 heavy (non-hydrogen) atoms. The first kappa shape index (κ1) is 17.1. The van der Waals surface area contributed by atoms with Gasteiger partial charge in [0.05, 0.1) is 4.90 Å². The molecule has 6 nitrogen and oxygen atoms in total. The molecule has 0 fully saturated rings. The molecule has 1 aromatic heterocycles. The lowest BCUT2D eigenvalue weighted by atomic mass is 10.1. The molecular weight excluding hydrogens is 366 g/mol. The van der Waals surface area contributed by atoms with Crippen molar-refractivity contribution in [2.75, 3.05) is 4.72 Å². The molecule has 0 aliphatic heterocycles. The third-order valence-electron chi connectivity index (χ3n) is 3.34. The van der Waals surface area contributed by atoms with E-state index in [0.717, 1.165) is 0 Å². The summed E-state index contributed by atoms with van der Waals surface area (Å²) in [5, 5.41) is 9.34. The van der Waals surface area contributed by atoms with Gasteiger partial charge in [0.25, 0.3) is 10.0 Å². The standard InChI is InChI=1S/C17H12ClNO5S/c18-12-4-6-14(7-5-12)25(22,23)19-13-3-1-2-11(10-13)15-8-9-16(24-15)17(20)21/h1-10,19H,(H,20,21). The van der Waals surface area contributed by atoms with Gasteiger partial charge in [-0.1, -0.05) is 23.7 Å². The molecule has 2 N–H and O–H groups in total. The van der Waals surface area contributed by atoms with Crippen LogP contribution in [0.5, 0.6) is 0 Å². The number of carboxylic acids is 1. The zero-order valence-electron chi connectivity index (χ0n) is 12.6. The summed E-state index contributed by atoms with van der Waals surface area (Å²) < 4.78 is 32.5. The smallest absolute Gasteiger partial charge is 0.371 e. The number of hydrogen-bond donors (Lipinski definition) is 2. The maximum Gasteiger partial charge on any atom is 0.371 e. The van der Waals surface area contributed by atoms with Crippen LogP contribution in [0.25, 0.3) is 11.3 Å². The summed E-state index contributed by atoms with van der Waals surface area (Å²) in [4.78, 5) is 11.0. The first-order valence-electron chi connectivity index (χ1n) is 7.07. The van der Waals surface area contributed by atoms with E-state index in [1.165, 1.54) is 36.4 Å². The van der Waals surface area contributed by atoms with Crippen molar-refractivity contribution in [1.29, 1.82) is 0 Å². The van der Waals surface area contributed by atoms with E-state index in [4.69, 9.17) is 21.1 Å². The average molecular weight is 378 g/mol. The van der Waals surface area contributed by atoms with Gasteiger partial charge in [-0.25, -0.2) is 13.2 Å². The van der Waals surface area contributed by atoms with Crippen LogP contribution in [-0.4, -0.2) is 19.5 Å². The van der Waals surface area contributed by atoms with Crippen molar-refractivity contribution in [3.05, 3.63) is 71.4 Å². The van der Waals surface area contributed by atoms with E-state index >= 15 is 0 Å². The minimum absolute atomic E-state index is 0.0773. The van der Waals surface area contributed by atoms with Gasteiger partial charge in [0.2, 0.25) is 5.76 Å². The second kappa shape index (κ2) is 6.62. The number of hydrogen-bond acceptors (Lipinski definition) is 4. The van der Waals surface area contributed by atoms with E-state index in [1.54, 1.807) is 24.3 Å². The third kappa shape index (κ3) is 3.84. The van der Waals surface area contributed by atoms with Crippen molar-refractivity contribution in [3.8, 4) is 11.3 Å². The maximum atomic E-state index is 12.4. The number of furan rings is 1. The Morgan fingerprint density at radius 1 is 1.04 bits per heavy atom. The molecule has 0 saturated carbocycles. The van der Waals surface area contributed by atoms with Crippen LogP contribution >= 0.6 is 11.6 Å². The Bertz CT molecular complexity index is 1030. The van der Waals surface area contributed by atoms with E-state index < -0.39 is 16.0 Å². The molecule has 0 aliphatic carbocycles. The van der Waals surface area contributed by atoms with Gasteiger partial charge in [0, 0.05) is 16.3 Å². The van der Waals surface area contributed by atoms with Crippen LogP contribution in [0.1, 0.15) is 10.6 Å². The summed E-state index contributed by atoms with van der Waals surface area (Å²) >= 11 is 5.77. The summed E-state index contributed by atoms with van der Waals surface area (Å²) in [7, 11) is -3.77. The number of sulfonamides is 1. The molecule has 0 saturated heterocycles. The number of aromatic carboxylic acids is 1. The van der Waals surface area contributed by atoms with E-state index in [0.29, 0.717) is 22.0 Å². The van der Waals surface area contributed by atoms with E-state index in [1.807, 2.05) is 0 Å². The van der Waals surface area contributed by atoms with Crippen molar-refractivity contribution in [2.24, 2.45) is 0 Å². The van der Waals surface area contributed by atoms with Crippen molar-refractivity contribution >= 4 is 33.3 Å². The molecule has 0 bridgehead atoms. The fourth-order valence-electron chi connectivity index (χ4n) is 2.17. The average Bonchev–Trinajstić information content (AvgIpc) is 3.05. The predicted octanol–water partition coefficient (Wildman–Crippen LogP) is 4.10. The summed E-state index contributed by atoms with van der Waals surface area (Å²) in [5.74, 6) is -1.04. The quantitative estimate of drug-likeness (QED) is 0.697. The van der Waals surface area contributed by atoms with Gasteiger partial charge in [-0.2, -0.15) is 0 Å². The normalized spacial score (nSPS) is 11.2. The van der Waals surface area contributed by atoms with Crippen LogP contribution in [0.4, 0.5) is 5.69 Å². The van der Waals surface area contributed by atoms with E-state index in [-0.39, 0.29) is 10.7 Å². The Morgan fingerprint density at radius 3 is 2.40 bits per heavy atom. The molecule has 0 radical (unpaired) electrons. The monoisotopic (exact) mass is 377 g/mol. The van der Waals surface area contributed by atoms with Crippen LogP contribution in [-0.2, 0) is 10.0 Å². The third-order valence-corrected chi connectivity index (χ3v) is 4.99. The Morgan fingerprint density at radius 2 is 1.76 bits per heavy atom. The molecule has 0 amide bonds. The van der Waals surface area contributed by atoms with Gasteiger partial charge >= 0.3 is 5.97 Å². The fraction of sp³-hybridized carbons (Fsp3) is 0. The molecule has 0 spiro atoms. The Balaban J connectivity index is 1.88. The maximum absolute atomic E-state index is 12.4. The van der Waals surface area contributed by atoms with Crippen molar-refractivity contribution in [1.82, 2.24) is 0 Å². The minimum Gasteiger partial charge on any atom is -0.475 e. The Labute approximate surface area is 148 Å². The predicted molar refractivity (Wildman–Crippen MR) is 93.4 cm³/mol. The lowest BCUT2D eigenvalue weighted by Crippen LogP contribution is -2.12. The molecule has 8 heteroatoms. The minimum atomic E-state index is -3.77. The molecule has 1 heterocycles.